The number of nitrogens with one attached hydrogen (secondary N) is 1. The van der Waals surface area contributed by atoms with Crippen LogP contribution in [0.5, 0.6) is 0 Å². The van der Waals surface area contributed by atoms with Gasteiger partial charge in [0.25, 0.3) is 0 Å². The number of halogens is 2. The molecule has 0 aromatic heterocycles. The Labute approximate surface area is 119 Å². The molecule has 0 radical (unpaired) electrons. The van der Waals surface area contributed by atoms with E-state index in [0.29, 0.717) is 10.0 Å². The maximum atomic E-state index is 13.8. The molecule has 0 heterocycles. The molecule has 2 nitrogen and oxygen atoms in total. The van der Waals surface area contributed by atoms with Crippen LogP contribution in [0.3, 0.4) is 0 Å². The number of benzene rings is 1. The maximum Gasteiger partial charge on any atom is 0.140 e. The van der Waals surface area contributed by atoms with E-state index in [0.717, 1.165) is 5.56 Å². The Morgan fingerprint density at radius 1 is 1.39 bits per heavy atom. The van der Waals surface area contributed by atoms with Crippen molar-refractivity contribution in [2.24, 2.45) is 0 Å². The first-order chi connectivity index (χ1) is 8.14. The first kappa shape index (κ1) is 15.8. The Kier molecular flexibility index (Phi) is 5.09. The van der Waals surface area contributed by atoms with Crippen LogP contribution < -0.4 is 4.72 Å². The molecule has 1 rings (SSSR count). The highest BCUT2D eigenvalue weighted by atomic mass is 79.9. The lowest BCUT2D eigenvalue weighted by Gasteiger charge is -2.23. The monoisotopic (exact) mass is 335 g/mol. The van der Waals surface area contributed by atoms with E-state index in [1.807, 2.05) is 33.8 Å². The van der Waals surface area contributed by atoms with E-state index in [4.69, 9.17) is 0 Å². The molecule has 1 N–H and O–H groups in total. The van der Waals surface area contributed by atoms with E-state index in [9.17, 15) is 8.60 Å². The van der Waals surface area contributed by atoms with Crippen molar-refractivity contribution in [3.8, 4) is 0 Å². The minimum atomic E-state index is -1.17. The molecule has 0 saturated carbocycles. The highest BCUT2D eigenvalue weighted by Crippen LogP contribution is 2.26. The van der Waals surface area contributed by atoms with Crippen LogP contribution in [0.4, 0.5) is 4.39 Å². The largest absolute Gasteiger partial charge is 0.242 e. The predicted molar refractivity (Wildman–Crippen MR) is 78.3 cm³/mol. The van der Waals surface area contributed by atoms with Gasteiger partial charge in [-0.15, -0.1) is 0 Å². The van der Waals surface area contributed by atoms with Gasteiger partial charge in [0.2, 0.25) is 0 Å². The molecule has 0 saturated heterocycles. The van der Waals surface area contributed by atoms with Crippen LogP contribution in [0.2, 0.25) is 0 Å². The van der Waals surface area contributed by atoms with Crippen molar-refractivity contribution in [3.05, 3.63) is 33.5 Å². The van der Waals surface area contributed by atoms with Gasteiger partial charge in [0.1, 0.15) is 5.82 Å². The zero-order chi connectivity index (χ0) is 14.1. The average Bonchev–Trinajstić information content (AvgIpc) is 2.24. The smallest absolute Gasteiger partial charge is 0.140 e. The van der Waals surface area contributed by atoms with Crippen LogP contribution in [-0.4, -0.2) is 8.96 Å². The molecule has 1 aromatic carbocycles. The Hall–Kier alpha value is -0.260. The third-order valence-corrected chi connectivity index (χ3v) is 4.98. The van der Waals surface area contributed by atoms with Crippen LogP contribution in [-0.2, 0) is 11.0 Å². The number of hydrogen-bond acceptors (Lipinski definition) is 1. The Balaban J connectivity index is 2.96. The first-order valence-corrected chi connectivity index (χ1v) is 7.71. The molecule has 0 fully saturated rings. The topological polar surface area (TPSA) is 29.1 Å². The summed E-state index contributed by atoms with van der Waals surface area (Å²) in [4.78, 5) is 0. The zero-order valence-electron chi connectivity index (χ0n) is 11.3. The molecular formula is C13H19BrFNOS. The second-order valence-electron chi connectivity index (χ2n) is 5.30. The minimum Gasteiger partial charge on any atom is -0.242 e. The van der Waals surface area contributed by atoms with Gasteiger partial charge in [-0.3, -0.25) is 0 Å². The fourth-order valence-corrected chi connectivity index (χ4v) is 2.77. The lowest BCUT2D eigenvalue weighted by atomic mass is 10.0. The summed E-state index contributed by atoms with van der Waals surface area (Å²) in [6, 6.07) is 3.36. The zero-order valence-corrected chi connectivity index (χ0v) is 13.7. The van der Waals surface area contributed by atoms with Crippen molar-refractivity contribution in [1.82, 2.24) is 4.72 Å². The first-order valence-electron chi connectivity index (χ1n) is 5.77. The predicted octanol–water partition coefficient (Wildman–Crippen LogP) is 4.01. The Morgan fingerprint density at radius 2 is 1.94 bits per heavy atom. The molecule has 1 aromatic rings. The van der Waals surface area contributed by atoms with Crippen molar-refractivity contribution in [1.29, 1.82) is 0 Å². The van der Waals surface area contributed by atoms with Gasteiger partial charge in [-0.1, -0.05) is 6.07 Å². The molecule has 0 aliphatic heterocycles. The molecular weight excluding hydrogens is 317 g/mol. The number of hydrogen-bond donors (Lipinski definition) is 1. The van der Waals surface area contributed by atoms with Crippen molar-refractivity contribution in [2.45, 2.75) is 45.4 Å². The summed E-state index contributed by atoms with van der Waals surface area (Å²) in [6.45, 7) is 9.32. The molecule has 0 spiro atoms. The second-order valence-corrected chi connectivity index (χ2v) is 8.15. The van der Waals surface area contributed by atoms with Crippen molar-refractivity contribution in [3.63, 3.8) is 0 Å². The van der Waals surface area contributed by atoms with E-state index in [-0.39, 0.29) is 16.6 Å². The summed E-state index contributed by atoms with van der Waals surface area (Å²) in [5.74, 6) is -0.261. The fraction of sp³-hybridized carbons (Fsp3) is 0.538. The van der Waals surface area contributed by atoms with Gasteiger partial charge in [0.15, 0.2) is 0 Å². The summed E-state index contributed by atoms with van der Waals surface area (Å²) in [5.41, 5.74) is 1.41. The normalized spacial score (nSPS) is 15.5. The second kappa shape index (κ2) is 5.80. The van der Waals surface area contributed by atoms with Gasteiger partial charge in [-0.2, -0.15) is 0 Å². The fourth-order valence-electron chi connectivity index (χ4n) is 1.54. The molecule has 18 heavy (non-hydrogen) atoms. The average molecular weight is 336 g/mol. The third-order valence-electron chi connectivity index (χ3n) is 2.69. The summed E-state index contributed by atoms with van der Waals surface area (Å²) in [7, 11) is -1.17. The van der Waals surface area contributed by atoms with Gasteiger partial charge >= 0.3 is 0 Å². The summed E-state index contributed by atoms with van der Waals surface area (Å²) in [5, 5.41) is 0. The molecule has 0 bridgehead atoms. The quantitative estimate of drug-likeness (QED) is 0.888. The lowest BCUT2D eigenvalue weighted by Crippen LogP contribution is -2.35. The standard InChI is InChI=1S/C13H19BrFNOS/c1-8-10(6-7-11(14)12(8)15)9(2)16-18(17)13(3,4)5/h6-7,9,16H,1-5H3/t9-,18+/m1/s1. The SMILES string of the molecule is Cc1c([C@@H](C)N[S@@](=O)C(C)(C)C)ccc(Br)c1F. The molecule has 0 aliphatic carbocycles. The van der Waals surface area contributed by atoms with Gasteiger partial charge < -0.3 is 0 Å². The number of rotatable bonds is 3. The van der Waals surface area contributed by atoms with Crippen LogP contribution in [0, 0.1) is 12.7 Å². The highest BCUT2D eigenvalue weighted by molar-refractivity contribution is 9.10. The summed E-state index contributed by atoms with van der Waals surface area (Å²) >= 11 is 3.16. The van der Waals surface area contributed by atoms with Crippen molar-refractivity contribution < 1.29 is 8.60 Å². The van der Waals surface area contributed by atoms with Gasteiger partial charge in [0, 0.05) is 6.04 Å². The van der Waals surface area contributed by atoms with Crippen LogP contribution in [0.25, 0.3) is 0 Å². The van der Waals surface area contributed by atoms with Crippen molar-refractivity contribution >= 4 is 26.9 Å². The summed E-state index contributed by atoms with van der Waals surface area (Å²) in [6.07, 6.45) is 0. The minimum absolute atomic E-state index is 0.160. The maximum absolute atomic E-state index is 13.8. The van der Waals surface area contributed by atoms with E-state index in [2.05, 4.69) is 20.7 Å². The molecule has 0 amide bonds. The van der Waals surface area contributed by atoms with Crippen LogP contribution in [0.1, 0.15) is 44.9 Å². The molecule has 2 atom stereocenters. The third kappa shape index (κ3) is 3.62. The van der Waals surface area contributed by atoms with Crippen LogP contribution >= 0.6 is 15.9 Å². The Morgan fingerprint density at radius 3 is 2.44 bits per heavy atom. The van der Waals surface area contributed by atoms with Gasteiger partial charge in [-0.25, -0.2) is 13.3 Å². The highest BCUT2D eigenvalue weighted by Gasteiger charge is 2.23. The lowest BCUT2D eigenvalue weighted by molar-refractivity contribution is 0.593. The van der Waals surface area contributed by atoms with Gasteiger partial charge in [-0.05, 0) is 67.7 Å². The molecule has 0 unspecified atom stereocenters. The van der Waals surface area contributed by atoms with E-state index in [1.165, 1.54) is 0 Å². The molecule has 102 valence electrons. The molecule has 0 aliphatic rings. The summed E-state index contributed by atoms with van der Waals surface area (Å²) < 4.78 is 28.9. The van der Waals surface area contributed by atoms with E-state index >= 15 is 0 Å². The van der Waals surface area contributed by atoms with E-state index in [1.54, 1.807) is 13.0 Å². The van der Waals surface area contributed by atoms with Gasteiger partial charge in [0.05, 0.1) is 20.2 Å². The van der Waals surface area contributed by atoms with E-state index < -0.39 is 11.0 Å². The van der Waals surface area contributed by atoms with Crippen molar-refractivity contribution in [2.75, 3.05) is 0 Å². The van der Waals surface area contributed by atoms with Crippen LogP contribution in [0.15, 0.2) is 16.6 Å². The molecule has 5 heteroatoms. The Bertz CT molecular complexity index is 471.